The number of nitriles is 1. The van der Waals surface area contributed by atoms with Gasteiger partial charge in [0.2, 0.25) is 0 Å². The number of morpholine rings is 1. The number of benzene rings is 2. The van der Waals surface area contributed by atoms with Crippen LogP contribution >= 0.6 is 11.3 Å². The molecular formula is C30H34N4O4S. The van der Waals surface area contributed by atoms with Crippen molar-refractivity contribution >= 4 is 22.4 Å². The molecule has 2 unspecified atom stereocenters. The molecule has 9 heteroatoms. The number of nitrogens with zero attached hydrogens (tertiary/aromatic N) is 4. The molecular weight excluding hydrogens is 512 g/mol. The largest absolute Gasteiger partial charge is 0.488 e. The highest BCUT2D eigenvalue weighted by Gasteiger charge is 2.32. The first-order valence-electron chi connectivity index (χ1n) is 13.4. The minimum Gasteiger partial charge on any atom is -0.488 e. The lowest BCUT2D eigenvalue weighted by Gasteiger charge is -2.34. The Balaban J connectivity index is 1.30. The lowest BCUT2D eigenvalue weighted by Crippen LogP contribution is -2.42. The molecule has 0 spiro atoms. The van der Waals surface area contributed by atoms with E-state index in [9.17, 15) is 15.2 Å². The molecule has 0 bridgehead atoms. The van der Waals surface area contributed by atoms with Gasteiger partial charge in [0.25, 0.3) is 0 Å². The van der Waals surface area contributed by atoms with Crippen LogP contribution in [0, 0.1) is 30.1 Å². The SMILES string of the molecule is Cc1cc(CN2CCOCC2)ccc1COc1ccc(C#N)cc1-c1csc(N2CCC(C(=O)O)C(C)C2)n1. The number of piperidine rings is 1. The summed E-state index contributed by atoms with van der Waals surface area (Å²) < 4.78 is 11.8. The van der Waals surface area contributed by atoms with Crippen LogP contribution < -0.4 is 9.64 Å². The minimum atomic E-state index is -0.723. The number of ether oxygens (including phenoxy) is 2. The van der Waals surface area contributed by atoms with Gasteiger partial charge in [-0.2, -0.15) is 5.26 Å². The van der Waals surface area contributed by atoms with E-state index in [1.54, 1.807) is 6.07 Å². The van der Waals surface area contributed by atoms with Crippen molar-refractivity contribution in [2.45, 2.75) is 33.4 Å². The minimum absolute atomic E-state index is 0.0490. The maximum atomic E-state index is 11.5. The fourth-order valence-electron chi connectivity index (χ4n) is 5.34. The fourth-order valence-corrected chi connectivity index (χ4v) is 6.20. The number of carboxylic acid groups (broad SMARTS) is 1. The van der Waals surface area contributed by atoms with Gasteiger partial charge in [-0.15, -0.1) is 11.3 Å². The number of hydrogen-bond donors (Lipinski definition) is 1. The normalized spacial score (nSPS) is 20.0. The van der Waals surface area contributed by atoms with Gasteiger partial charge in [-0.25, -0.2) is 4.98 Å². The van der Waals surface area contributed by atoms with E-state index in [1.165, 1.54) is 22.5 Å². The van der Waals surface area contributed by atoms with Crippen molar-refractivity contribution in [1.29, 1.82) is 5.26 Å². The maximum Gasteiger partial charge on any atom is 0.306 e. The number of thiazole rings is 1. The molecule has 2 aromatic carbocycles. The molecule has 39 heavy (non-hydrogen) atoms. The molecule has 0 radical (unpaired) electrons. The van der Waals surface area contributed by atoms with Gasteiger partial charge in [-0.05, 0) is 54.2 Å². The number of aryl methyl sites for hydroxylation is 1. The third-order valence-corrected chi connectivity index (χ3v) is 8.57. The van der Waals surface area contributed by atoms with E-state index >= 15 is 0 Å². The molecule has 2 aliphatic rings. The topological polar surface area (TPSA) is 98.9 Å². The fraction of sp³-hybridized carbons (Fsp3) is 0.433. The first kappa shape index (κ1) is 27.1. The van der Waals surface area contributed by atoms with Gasteiger partial charge >= 0.3 is 5.97 Å². The summed E-state index contributed by atoms with van der Waals surface area (Å²) in [4.78, 5) is 21.0. The zero-order chi connectivity index (χ0) is 27.4. The van der Waals surface area contributed by atoms with E-state index in [1.807, 2.05) is 24.4 Å². The van der Waals surface area contributed by atoms with Crippen LogP contribution in [-0.2, 0) is 22.7 Å². The third-order valence-electron chi connectivity index (χ3n) is 7.67. The molecule has 5 rings (SSSR count). The Morgan fingerprint density at radius 3 is 2.77 bits per heavy atom. The molecule has 0 aliphatic carbocycles. The standard InChI is InChI=1S/C30H34N4O4S/c1-20-13-23(17-33-9-11-37-12-10-33)3-5-24(20)18-38-28-6-4-22(15-31)14-26(28)27-19-39-30(32-27)34-8-7-25(29(35)36)21(2)16-34/h3-6,13-14,19,21,25H,7-12,16-18H2,1-2H3,(H,35,36). The maximum absolute atomic E-state index is 11.5. The highest BCUT2D eigenvalue weighted by molar-refractivity contribution is 7.14. The van der Waals surface area contributed by atoms with Crippen molar-refractivity contribution in [2.24, 2.45) is 11.8 Å². The molecule has 3 aromatic rings. The molecule has 2 saturated heterocycles. The lowest BCUT2D eigenvalue weighted by atomic mass is 9.87. The van der Waals surface area contributed by atoms with Crippen molar-refractivity contribution in [2.75, 3.05) is 44.3 Å². The van der Waals surface area contributed by atoms with Crippen molar-refractivity contribution in [3.8, 4) is 23.1 Å². The van der Waals surface area contributed by atoms with Crippen molar-refractivity contribution in [3.05, 3.63) is 64.0 Å². The van der Waals surface area contributed by atoms with Gasteiger partial charge in [0.1, 0.15) is 12.4 Å². The van der Waals surface area contributed by atoms with Crippen molar-refractivity contribution in [3.63, 3.8) is 0 Å². The Morgan fingerprint density at radius 1 is 1.23 bits per heavy atom. The predicted molar refractivity (Wildman–Crippen MR) is 151 cm³/mol. The summed E-state index contributed by atoms with van der Waals surface area (Å²) in [5.74, 6) is -0.308. The van der Waals surface area contributed by atoms with Gasteiger partial charge in [0, 0.05) is 43.7 Å². The quantitative estimate of drug-likeness (QED) is 0.424. The summed E-state index contributed by atoms with van der Waals surface area (Å²) in [7, 11) is 0. The Hall–Kier alpha value is -3.45. The van der Waals surface area contributed by atoms with Crippen molar-refractivity contribution < 1.29 is 19.4 Å². The zero-order valence-corrected chi connectivity index (χ0v) is 23.2. The Bertz CT molecular complexity index is 1360. The van der Waals surface area contributed by atoms with Crippen LogP contribution in [0.15, 0.2) is 41.8 Å². The average molecular weight is 547 g/mol. The van der Waals surface area contributed by atoms with Crippen LogP contribution in [0.4, 0.5) is 5.13 Å². The summed E-state index contributed by atoms with van der Waals surface area (Å²) in [6.45, 7) is 10.3. The summed E-state index contributed by atoms with van der Waals surface area (Å²) >= 11 is 1.53. The van der Waals surface area contributed by atoms with E-state index in [0.29, 0.717) is 37.4 Å². The first-order valence-corrected chi connectivity index (χ1v) is 14.3. The van der Waals surface area contributed by atoms with E-state index in [0.717, 1.165) is 54.8 Å². The van der Waals surface area contributed by atoms with Gasteiger partial charge in [0.15, 0.2) is 5.13 Å². The number of carboxylic acids is 1. The summed E-state index contributed by atoms with van der Waals surface area (Å²) in [5, 5.41) is 21.8. The van der Waals surface area contributed by atoms with Crippen LogP contribution in [0.1, 0.15) is 35.6 Å². The van der Waals surface area contributed by atoms with Gasteiger partial charge in [-0.3, -0.25) is 9.69 Å². The number of aliphatic carboxylic acids is 1. The van der Waals surface area contributed by atoms with Crippen LogP contribution in [0.25, 0.3) is 11.3 Å². The van der Waals surface area contributed by atoms with E-state index in [-0.39, 0.29) is 11.8 Å². The number of aromatic nitrogens is 1. The molecule has 2 fully saturated rings. The molecule has 3 heterocycles. The average Bonchev–Trinajstić information content (AvgIpc) is 3.43. The Labute approximate surface area is 233 Å². The highest BCUT2D eigenvalue weighted by Crippen LogP contribution is 2.36. The summed E-state index contributed by atoms with van der Waals surface area (Å²) in [6, 6.07) is 14.2. The number of carbonyl (C=O) groups is 1. The van der Waals surface area contributed by atoms with Crippen LogP contribution in [-0.4, -0.2) is 60.4 Å². The monoisotopic (exact) mass is 546 g/mol. The molecule has 2 aliphatic heterocycles. The Kier molecular flexibility index (Phi) is 8.46. The van der Waals surface area contributed by atoms with Crippen LogP contribution in [0.3, 0.4) is 0 Å². The smallest absolute Gasteiger partial charge is 0.306 e. The van der Waals surface area contributed by atoms with Gasteiger partial charge in [-0.1, -0.05) is 25.1 Å². The second-order valence-corrected chi connectivity index (χ2v) is 11.3. The molecule has 0 saturated carbocycles. The molecule has 2 atom stereocenters. The summed E-state index contributed by atoms with van der Waals surface area (Å²) in [5.41, 5.74) is 5.68. The highest BCUT2D eigenvalue weighted by atomic mass is 32.1. The number of anilines is 1. The van der Waals surface area contributed by atoms with Gasteiger partial charge < -0.3 is 19.5 Å². The predicted octanol–water partition coefficient (Wildman–Crippen LogP) is 4.95. The third kappa shape index (κ3) is 6.41. The first-order chi connectivity index (χ1) is 18.9. The lowest BCUT2D eigenvalue weighted by molar-refractivity contribution is -0.144. The zero-order valence-electron chi connectivity index (χ0n) is 22.4. The summed E-state index contributed by atoms with van der Waals surface area (Å²) in [6.07, 6.45) is 0.605. The molecule has 0 amide bonds. The Morgan fingerprint density at radius 2 is 2.05 bits per heavy atom. The van der Waals surface area contributed by atoms with E-state index < -0.39 is 5.97 Å². The number of hydrogen-bond acceptors (Lipinski definition) is 8. The molecule has 8 nitrogen and oxygen atoms in total. The second-order valence-electron chi connectivity index (χ2n) is 10.4. The van der Waals surface area contributed by atoms with E-state index in [4.69, 9.17) is 14.5 Å². The van der Waals surface area contributed by atoms with Crippen LogP contribution in [0.5, 0.6) is 5.75 Å². The second kappa shape index (κ2) is 12.2. The van der Waals surface area contributed by atoms with Gasteiger partial charge in [0.05, 0.1) is 36.5 Å². The van der Waals surface area contributed by atoms with Crippen molar-refractivity contribution in [1.82, 2.24) is 9.88 Å². The molecule has 204 valence electrons. The molecule has 1 N–H and O–H groups in total. The molecule has 1 aromatic heterocycles. The number of rotatable bonds is 8. The van der Waals surface area contributed by atoms with E-state index in [2.05, 4.69) is 41.0 Å². The van der Waals surface area contributed by atoms with Crippen LogP contribution in [0.2, 0.25) is 0 Å².